The van der Waals surface area contributed by atoms with Crippen molar-refractivity contribution in [2.75, 3.05) is 23.3 Å². The Morgan fingerprint density at radius 2 is 1.84 bits per heavy atom. The molecule has 1 aromatic carbocycles. The zero-order valence-electron chi connectivity index (χ0n) is 15.0. The minimum absolute atomic E-state index is 0.757. The van der Waals surface area contributed by atoms with Gasteiger partial charge >= 0.3 is 0 Å². The molecule has 1 aliphatic heterocycles. The molecule has 1 aliphatic rings. The molecule has 0 unspecified atom stereocenters. The Labute approximate surface area is 148 Å². The van der Waals surface area contributed by atoms with E-state index in [2.05, 4.69) is 62.7 Å². The van der Waals surface area contributed by atoms with Crippen molar-refractivity contribution in [1.29, 1.82) is 0 Å². The molecule has 25 heavy (non-hydrogen) atoms. The van der Waals surface area contributed by atoms with Gasteiger partial charge in [-0.25, -0.2) is 4.98 Å². The van der Waals surface area contributed by atoms with Gasteiger partial charge in [0.15, 0.2) is 11.5 Å². The summed E-state index contributed by atoms with van der Waals surface area (Å²) in [6, 6.07) is 11.0. The Bertz CT molecular complexity index is 860. The maximum absolute atomic E-state index is 4.51. The van der Waals surface area contributed by atoms with E-state index in [9.17, 15) is 0 Å². The first kappa shape index (κ1) is 15.9. The van der Waals surface area contributed by atoms with E-state index in [0.717, 1.165) is 29.1 Å². The molecule has 0 saturated carbocycles. The number of rotatable bonds is 4. The molecule has 3 heterocycles. The smallest absolute Gasteiger partial charge is 0.157 e. The number of benzene rings is 1. The first-order valence-electron chi connectivity index (χ1n) is 9.11. The molecular formula is C20H25N5. The summed E-state index contributed by atoms with van der Waals surface area (Å²) < 4.78 is 0. The van der Waals surface area contributed by atoms with E-state index >= 15 is 0 Å². The molecule has 2 N–H and O–H groups in total. The second kappa shape index (κ2) is 6.75. The van der Waals surface area contributed by atoms with Crippen molar-refractivity contribution in [2.24, 2.45) is 0 Å². The van der Waals surface area contributed by atoms with Gasteiger partial charge in [0, 0.05) is 31.0 Å². The van der Waals surface area contributed by atoms with Gasteiger partial charge < -0.3 is 10.2 Å². The SMILES string of the molecule is Cc1cc(C)c2c(NCc3ccc(N4CCCCC4)cc3)n[nH]c2n1. The average Bonchev–Trinajstić information content (AvgIpc) is 3.04. The Kier molecular flexibility index (Phi) is 4.30. The molecule has 5 heteroatoms. The zero-order valence-corrected chi connectivity index (χ0v) is 15.0. The molecule has 0 bridgehead atoms. The van der Waals surface area contributed by atoms with Crippen molar-refractivity contribution >= 4 is 22.5 Å². The summed E-state index contributed by atoms with van der Waals surface area (Å²) in [6.07, 6.45) is 3.98. The number of fused-ring (bicyclic) bond motifs is 1. The Morgan fingerprint density at radius 3 is 2.60 bits per heavy atom. The molecule has 0 amide bonds. The monoisotopic (exact) mass is 335 g/mol. The highest BCUT2D eigenvalue weighted by atomic mass is 15.2. The molecule has 0 aliphatic carbocycles. The van der Waals surface area contributed by atoms with Gasteiger partial charge in [0.1, 0.15) is 0 Å². The molecule has 3 aromatic rings. The van der Waals surface area contributed by atoms with Gasteiger partial charge in [-0.05, 0) is 62.4 Å². The summed E-state index contributed by atoms with van der Waals surface area (Å²) in [5.74, 6) is 0.875. The number of aromatic amines is 1. The molecule has 2 aromatic heterocycles. The maximum Gasteiger partial charge on any atom is 0.157 e. The van der Waals surface area contributed by atoms with E-state index in [-0.39, 0.29) is 0 Å². The van der Waals surface area contributed by atoms with Gasteiger partial charge in [0.2, 0.25) is 0 Å². The number of aryl methyl sites for hydroxylation is 2. The number of hydrogen-bond donors (Lipinski definition) is 2. The minimum atomic E-state index is 0.757. The standard InChI is InChI=1S/C20H25N5/c1-14-12-15(2)22-20-18(14)19(23-24-20)21-13-16-6-8-17(9-7-16)25-10-4-3-5-11-25/h6-9,12H,3-5,10-11,13H2,1-2H3,(H2,21,22,23,24). The lowest BCUT2D eigenvalue weighted by molar-refractivity contribution is 0.578. The van der Waals surface area contributed by atoms with Crippen molar-refractivity contribution in [3.8, 4) is 0 Å². The van der Waals surface area contributed by atoms with Gasteiger partial charge in [-0.1, -0.05) is 12.1 Å². The Morgan fingerprint density at radius 1 is 1.08 bits per heavy atom. The van der Waals surface area contributed by atoms with Crippen LogP contribution in [0.25, 0.3) is 11.0 Å². The van der Waals surface area contributed by atoms with Crippen LogP contribution in [-0.4, -0.2) is 28.3 Å². The quantitative estimate of drug-likeness (QED) is 0.751. The van der Waals surface area contributed by atoms with Crippen molar-refractivity contribution in [1.82, 2.24) is 15.2 Å². The van der Waals surface area contributed by atoms with Crippen LogP contribution in [0.5, 0.6) is 0 Å². The zero-order chi connectivity index (χ0) is 17.2. The van der Waals surface area contributed by atoms with Crippen LogP contribution >= 0.6 is 0 Å². The second-order valence-corrected chi connectivity index (χ2v) is 6.94. The third-order valence-corrected chi connectivity index (χ3v) is 4.97. The van der Waals surface area contributed by atoms with Crippen molar-refractivity contribution in [3.05, 3.63) is 47.2 Å². The van der Waals surface area contributed by atoms with E-state index < -0.39 is 0 Å². The summed E-state index contributed by atoms with van der Waals surface area (Å²) in [4.78, 5) is 7.00. The number of piperidine rings is 1. The van der Waals surface area contributed by atoms with Crippen LogP contribution in [-0.2, 0) is 6.54 Å². The highest BCUT2D eigenvalue weighted by molar-refractivity contribution is 5.90. The summed E-state index contributed by atoms with van der Waals surface area (Å²) in [5.41, 5.74) is 5.65. The van der Waals surface area contributed by atoms with Crippen LogP contribution in [0.3, 0.4) is 0 Å². The van der Waals surface area contributed by atoms with E-state index in [1.54, 1.807) is 0 Å². The van der Waals surface area contributed by atoms with E-state index in [4.69, 9.17) is 0 Å². The summed E-state index contributed by atoms with van der Waals surface area (Å²) in [6.45, 7) is 7.23. The lowest BCUT2D eigenvalue weighted by Crippen LogP contribution is -2.29. The number of nitrogens with zero attached hydrogens (tertiary/aromatic N) is 3. The highest BCUT2D eigenvalue weighted by Gasteiger charge is 2.12. The van der Waals surface area contributed by atoms with Crippen LogP contribution in [0, 0.1) is 13.8 Å². The van der Waals surface area contributed by atoms with Crippen LogP contribution < -0.4 is 10.2 Å². The molecule has 0 radical (unpaired) electrons. The minimum Gasteiger partial charge on any atom is -0.372 e. The van der Waals surface area contributed by atoms with Gasteiger partial charge in [-0.3, -0.25) is 5.10 Å². The van der Waals surface area contributed by atoms with Gasteiger partial charge in [-0.2, -0.15) is 5.10 Å². The fraction of sp³-hybridized carbons (Fsp3) is 0.400. The number of anilines is 2. The summed E-state index contributed by atoms with van der Waals surface area (Å²) >= 11 is 0. The average molecular weight is 335 g/mol. The van der Waals surface area contributed by atoms with Gasteiger partial charge in [0.25, 0.3) is 0 Å². The maximum atomic E-state index is 4.51. The number of hydrogen-bond acceptors (Lipinski definition) is 4. The second-order valence-electron chi connectivity index (χ2n) is 6.94. The first-order chi connectivity index (χ1) is 12.2. The highest BCUT2D eigenvalue weighted by Crippen LogP contribution is 2.25. The Hall–Kier alpha value is -2.56. The van der Waals surface area contributed by atoms with Gasteiger partial charge in [-0.15, -0.1) is 0 Å². The number of nitrogens with one attached hydrogen (secondary N) is 2. The first-order valence-corrected chi connectivity index (χ1v) is 9.11. The van der Waals surface area contributed by atoms with E-state index in [1.807, 2.05) is 6.92 Å². The molecule has 1 saturated heterocycles. The predicted molar refractivity (Wildman–Crippen MR) is 103 cm³/mol. The molecule has 4 rings (SSSR count). The number of H-pyrrole nitrogens is 1. The molecular weight excluding hydrogens is 310 g/mol. The van der Waals surface area contributed by atoms with E-state index in [0.29, 0.717) is 0 Å². The molecule has 0 atom stereocenters. The van der Waals surface area contributed by atoms with Crippen molar-refractivity contribution < 1.29 is 0 Å². The van der Waals surface area contributed by atoms with E-state index in [1.165, 1.54) is 49.2 Å². The summed E-state index contributed by atoms with van der Waals surface area (Å²) in [5, 5.41) is 12.0. The molecule has 1 fully saturated rings. The van der Waals surface area contributed by atoms with Crippen LogP contribution in [0.2, 0.25) is 0 Å². The lowest BCUT2D eigenvalue weighted by Gasteiger charge is -2.28. The number of aromatic nitrogens is 3. The van der Waals surface area contributed by atoms with Crippen LogP contribution in [0.15, 0.2) is 30.3 Å². The van der Waals surface area contributed by atoms with Crippen LogP contribution in [0.1, 0.15) is 36.1 Å². The number of pyridine rings is 1. The molecule has 0 spiro atoms. The third kappa shape index (κ3) is 3.31. The predicted octanol–water partition coefficient (Wildman–Crippen LogP) is 4.18. The fourth-order valence-electron chi connectivity index (χ4n) is 3.67. The normalized spacial score (nSPS) is 14.9. The van der Waals surface area contributed by atoms with Crippen molar-refractivity contribution in [3.63, 3.8) is 0 Å². The molecule has 5 nitrogen and oxygen atoms in total. The Balaban J connectivity index is 1.46. The molecule has 130 valence electrons. The topological polar surface area (TPSA) is 56.8 Å². The van der Waals surface area contributed by atoms with Gasteiger partial charge in [0.05, 0.1) is 5.39 Å². The summed E-state index contributed by atoms with van der Waals surface area (Å²) in [7, 11) is 0. The third-order valence-electron chi connectivity index (χ3n) is 4.97. The van der Waals surface area contributed by atoms with Crippen LogP contribution in [0.4, 0.5) is 11.5 Å². The largest absolute Gasteiger partial charge is 0.372 e. The van der Waals surface area contributed by atoms with Crippen molar-refractivity contribution in [2.45, 2.75) is 39.7 Å². The fourth-order valence-corrected chi connectivity index (χ4v) is 3.67. The lowest BCUT2D eigenvalue weighted by atomic mass is 10.1.